The minimum atomic E-state index is -0.378. The fourth-order valence-corrected chi connectivity index (χ4v) is 1.96. The largest absolute Gasteiger partial charge is 0.456 e. The molecule has 2 atom stereocenters. The molecule has 0 amide bonds. The molecule has 0 aliphatic carbocycles. The summed E-state index contributed by atoms with van der Waals surface area (Å²) in [6.07, 6.45) is 0.649. The Labute approximate surface area is 99.4 Å². The van der Waals surface area contributed by atoms with Crippen LogP contribution in [0, 0.1) is 5.82 Å². The summed E-state index contributed by atoms with van der Waals surface area (Å²) in [5.74, 6) is 0.185. The molecule has 0 radical (unpaired) electrons. The topological polar surface area (TPSA) is 48.4 Å². The smallest absolute Gasteiger partial charge is 0.169 e. The van der Waals surface area contributed by atoms with Gasteiger partial charge in [-0.2, -0.15) is 0 Å². The number of fused-ring (bicyclic) bond motifs is 1. The number of halogens is 1. The van der Waals surface area contributed by atoms with Gasteiger partial charge < -0.3 is 14.9 Å². The second kappa shape index (κ2) is 4.85. The Morgan fingerprint density at radius 1 is 1.47 bits per heavy atom. The molecule has 0 aliphatic rings. The Morgan fingerprint density at radius 3 is 2.82 bits per heavy atom. The maximum absolute atomic E-state index is 13.5. The van der Waals surface area contributed by atoms with Crippen LogP contribution in [0.1, 0.15) is 25.1 Å². The van der Waals surface area contributed by atoms with Gasteiger partial charge in [-0.3, -0.25) is 0 Å². The minimum Gasteiger partial charge on any atom is -0.456 e. The van der Waals surface area contributed by atoms with E-state index in [-0.39, 0.29) is 23.5 Å². The van der Waals surface area contributed by atoms with Gasteiger partial charge in [-0.25, -0.2) is 4.39 Å². The van der Waals surface area contributed by atoms with Crippen molar-refractivity contribution in [2.24, 2.45) is 5.73 Å². The van der Waals surface area contributed by atoms with E-state index in [0.29, 0.717) is 5.76 Å². The molecular formula is C13H16FNO2. The standard InChI is InChI=1S/C13H16FNO2/c1-3-10(16-2)12(15)11-7-8-5-4-6-9(14)13(8)17-11/h4-7,10,12H,3,15H2,1-2H3. The van der Waals surface area contributed by atoms with Crippen LogP contribution in [0.3, 0.4) is 0 Å². The van der Waals surface area contributed by atoms with Crippen molar-refractivity contribution in [3.05, 3.63) is 35.8 Å². The van der Waals surface area contributed by atoms with Crippen molar-refractivity contribution in [3.8, 4) is 0 Å². The Balaban J connectivity index is 2.39. The molecule has 3 nitrogen and oxygen atoms in total. The summed E-state index contributed by atoms with van der Waals surface area (Å²) in [6, 6.07) is 6.21. The zero-order valence-corrected chi connectivity index (χ0v) is 9.94. The van der Waals surface area contributed by atoms with E-state index in [1.807, 2.05) is 6.92 Å². The molecule has 2 unspecified atom stereocenters. The highest BCUT2D eigenvalue weighted by molar-refractivity contribution is 5.78. The van der Waals surface area contributed by atoms with Gasteiger partial charge in [-0.1, -0.05) is 19.1 Å². The molecule has 2 aromatic rings. The van der Waals surface area contributed by atoms with E-state index in [4.69, 9.17) is 14.9 Å². The van der Waals surface area contributed by atoms with Crippen molar-refractivity contribution in [3.63, 3.8) is 0 Å². The summed E-state index contributed by atoms with van der Waals surface area (Å²) in [6.45, 7) is 1.98. The number of furan rings is 1. The summed E-state index contributed by atoms with van der Waals surface area (Å²) >= 11 is 0. The first kappa shape index (κ1) is 12.1. The van der Waals surface area contributed by atoms with Crippen LogP contribution in [-0.2, 0) is 4.74 Å². The molecule has 1 heterocycles. The third-order valence-corrected chi connectivity index (χ3v) is 2.95. The van der Waals surface area contributed by atoms with Crippen LogP contribution < -0.4 is 5.73 Å². The maximum atomic E-state index is 13.5. The molecule has 1 aromatic carbocycles. The number of rotatable bonds is 4. The monoisotopic (exact) mass is 237 g/mol. The molecule has 0 aliphatic heterocycles. The molecule has 17 heavy (non-hydrogen) atoms. The lowest BCUT2D eigenvalue weighted by atomic mass is 10.1. The van der Waals surface area contributed by atoms with E-state index in [2.05, 4.69) is 0 Å². The van der Waals surface area contributed by atoms with Gasteiger partial charge in [-0.05, 0) is 18.6 Å². The molecule has 0 bridgehead atoms. The average molecular weight is 237 g/mol. The van der Waals surface area contributed by atoms with Gasteiger partial charge in [0.25, 0.3) is 0 Å². The van der Waals surface area contributed by atoms with Crippen molar-refractivity contribution in [1.29, 1.82) is 0 Å². The molecule has 4 heteroatoms. The second-order valence-electron chi connectivity index (χ2n) is 4.02. The van der Waals surface area contributed by atoms with Crippen molar-refractivity contribution < 1.29 is 13.5 Å². The molecule has 0 fully saturated rings. The van der Waals surface area contributed by atoms with Gasteiger partial charge in [0.15, 0.2) is 11.4 Å². The summed E-state index contributed by atoms with van der Waals surface area (Å²) in [7, 11) is 1.61. The second-order valence-corrected chi connectivity index (χ2v) is 4.02. The predicted octanol–water partition coefficient (Wildman–Crippen LogP) is 3.00. The SMILES string of the molecule is CCC(OC)C(N)c1cc2cccc(F)c2o1. The van der Waals surface area contributed by atoms with E-state index in [1.165, 1.54) is 6.07 Å². The quantitative estimate of drug-likeness (QED) is 0.889. The maximum Gasteiger partial charge on any atom is 0.169 e. The molecule has 0 saturated carbocycles. The lowest BCUT2D eigenvalue weighted by molar-refractivity contribution is 0.0713. The van der Waals surface area contributed by atoms with Crippen LogP contribution in [0.15, 0.2) is 28.7 Å². The van der Waals surface area contributed by atoms with Gasteiger partial charge in [0, 0.05) is 12.5 Å². The third kappa shape index (κ3) is 2.18. The fraction of sp³-hybridized carbons (Fsp3) is 0.385. The molecule has 0 saturated heterocycles. The molecule has 92 valence electrons. The average Bonchev–Trinajstić information content (AvgIpc) is 2.76. The lowest BCUT2D eigenvalue weighted by Crippen LogP contribution is -2.26. The van der Waals surface area contributed by atoms with E-state index in [9.17, 15) is 4.39 Å². The highest BCUT2D eigenvalue weighted by Gasteiger charge is 2.21. The van der Waals surface area contributed by atoms with E-state index in [0.717, 1.165) is 11.8 Å². The van der Waals surface area contributed by atoms with Gasteiger partial charge in [-0.15, -0.1) is 0 Å². The van der Waals surface area contributed by atoms with Gasteiger partial charge in [0.05, 0.1) is 12.1 Å². The summed E-state index contributed by atoms with van der Waals surface area (Å²) in [5, 5.41) is 0.724. The van der Waals surface area contributed by atoms with Crippen molar-refractivity contribution in [2.45, 2.75) is 25.5 Å². The van der Waals surface area contributed by atoms with E-state index >= 15 is 0 Å². The molecule has 1 aromatic heterocycles. The van der Waals surface area contributed by atoms with Crippen molar-refractivity contribution in [1.82, 2.24) is 0 Å². The summed E-state index contributed by atoms with van der Waals surface area (Å²) in [4.78, 5) is 0. The number of nitrogens with two attached hydrogens (primary N) is 1. The van der Waals surface area contributed by atoms with Crippen LogP contribution in [-0.4, -0.2) is 13.2 Å². The number of hydrogen-bond donors (Lipinski definition) is 1. The minimum absolute atomic E-state index is 0.126. The van der Waals surface area contributed by atoms with Gasteiger partial charge in [0.2, 0.25) is 0 Å². The number of methoxy groups -OCH3 is 1. The Bertz CT molecular complexity index is 505. The van der Waals surface area contributed by atoms with Crippen LogP contribution in [0.4, 0.5) is 4.39 Å². The Morgan fingerprint density at radius 2 is 2.24 bits per heavy atom. The van der Waals surface area contributed by atoms with Crippen LogP contribution in [0.25, 0.3) is 11.0 Å². The normalized spacial score (nSPS) is 15.1. The van der Waals surface area contributed by atoms with Gasteiger partial charge in [0.1, 0.15) is 5.76 Å². The third-order valence-electron chi connectivity index (χ3n) is 2.95. The Hall–Kier alpha value is -1.39. The van der Waals surface area contributed by atoms with E-state index < -0.39 is 0 Å². The molecule has 2 rings (SSSR count). The van der Waals surface area contributed by atoms with Gasteiger partial charge >= 0.3 is 0 Å². The Kier molecular flexibility index (Phi) is 3.45. The van der Waals surface area contributed by atoms with Crippen LogP contribution in [0.5, 0.6) is 0 Å². The molecular weight excluding hydrogens is 221 g/mol. The highest BCUT2D eigenvalue weighted by atomic mass is 19.1. The van der Waals surface area contributed by atoms with E-state index in [1.54, 1.807) is 25.3 Å². The molecule has 2 N–H and O–H groups in total. The first-order chi connectivity index (χ1) is 8.17. The van der Waals surface area contributed by atoms with Crippen molar-refractivity contribution in [2.75, 3.05) is 7.11 Å². The predicted molar refractivity (Wildman–Crippen MR) is 64.2 cm³/mol. The molecule has 0 spiro atoms. The summed E-state index contributed by atoms with van der Waals surface area (Å²) in [5.41, 5.74) is 6.29. The first-order valence-corrected chi connectivity index (χ1v) is 5.63. The zero-order chi connectivity index (χ0) is 12.4. The fourth-order valence-electron chi connectivity index (χ4n) is 1.96. The highest BCUT2D eigenvalue weighted by Crippen LogP contribution is 2.27. The summed E-state index contributed by atoms with van der Waals surface area (Å²) < 4.78 is 24.2. The number of ether oxygens (including phenoxy) is 1. The zero-order valence-electron chi connectivity index (χ0n) is 9.94. The van der Waals surface area contributed by atoms with Crippen molar-refractivity contribution >= 4 is 11.0 Å². The number of hydrogen-bond acceptors (Lipinski definition) is 3. The van der Waals surface area contributed by atoms with Crippen LogP contribution in [0.2, 0.25) is 0 Å². The number of benzene rings is 1. The number of para-hydroxylation sites is 1. The lowest BCUT2D eigenvalue weighted by Gasteiger charge is -2.18. The van der Waals surface area contributed by atoms with Crippen LogP contribution >= 0.6 is 0 Å². The first-order valence-electron chi connectivity index (χ1n) is 5.63.